The maximum absolute atomic E-state index is 12.5. The van der Waals surface area contributed by atoms with E-state index in [9.17, 15) is 8.42 Å². The Hall–Kier alpha value is -0.110. The Labute approximate surface area is 131 Å². The molecule has 7 heteroatoms. The zero-order valence-electron chi connectivity index (χ0n) is 11.2. The minimum Gasteiger partial charge on any atom is -0.398 e. The quantitative estimate of drug-likeness (QED) is 0.751. The van der Waals surface area contributed by atoms with Gasteiger partial charge in [-0.1, -0.05) is 29.8 Å². The van der Waals surface area contributed by atoms with E-state index in [-0.39, 0.29) is 10.6 Å². The van der Waals surface area contributed by atoms with Crippen LogP contribution in [0.5, 0.6) is 0 Å². The molecule has 1 aromatic rings. The normalized spacial score (nSPS) is 12.4. The fraction of sp³-hybridized carbons (Fsp3) is 0.500. The zero-order valence-corrected chi connectivity index (χ0v) is 15.1. The van der Waals surface area contributed by atoms with Crippen molar-refractivity contribution < 1.29 is 8.42 Å². The average Bonchev–Trinajstić information content (AvgIpc) is 2.23. The van der Waals surface area contributed by atoms with Crippen LogP contribution in [0.2, 0.25) is 0 Å². The minimum atomic E-state index is -3.57. The molecule has 19 heavy (non-hydrogen) atoms. The predicted molar refractivity (Wildman–Crippen MR) is 85.5 cm³/mol. The fourth-order valence-corrected chi connectivity index (χ4v) is 4.76. The molecule has 4 nitrogen and oxygen atoms in total. The Balaban J connectivity index is 3.14. The van der Waals surface area contributed by atoms with Gasteiger partial charge in [-0.15, -0.1) is 0 Å². The first kappa shape index (κ1) is 16.9. The molecule has 1 rings (SSSR count). The maximum atomic E-state index is 12.5. The van der Waals surface area contributed by atoms with Crippen LogP contribution in [0, 0.1) is 5.92 Å². The van der Waals surface area contributed by atoms with Gasteiger partial charge in [0.05, 0.1) is 5.69 Å². The monoisotopic (exact) mass is 412 g/mol. The van der Waals surface area contributed by atoms with Crippen LogP contribution in [-0.2, 0) is 10.0 Å². The summed E-state index contributed by atoms with van der Waals surface area (Å²) >= 11 is 6.55. The number of nitrogen functional groups attached to an aromatic ring is 1. The number of anilines is 1. The van der Waals surface area contributed by atoms with E-state index in [0.29, 0.717) is 16.9 Å². The molecule has 2 N–H and O–H groups in total. The van der Waals surface area contributed by atoms with Gasteiger partial charge < -0.3 is 5.73 Å². The highest BCUT2D eigenvalue weighted by atomic mass is 79.9. The molecular weight excluding hydrogens is 396 g/mol. The highest BCUT2D eigenvalue weighted by Crippen LogP contribution is 2.33. The molecule has 1 aromatic carbocycles. The molecule has 0 saturated heterocycles. The van der Waals surface area contributed by atoms with Gasteiger partial charge in [-0.3, -0.25) is 0 Å². The van der Waals surface area contributed by atoms with Gasteiger partial charge in [-0.05, 0) is 40.4 Å². The van der Waals surface area contributed by atoms with Crippen LogP contribution in [0.25, 0.3) is 0 Å². The Bertz CT molecular complexity index is 536. The topological polar surface area (TPSA) is 63.4 Å². The third-order valence-corrected chi connectivity index (χ3v) is 6.05. The van der Waals surface area contributed by atoms with Gasteiger partial charge in [0.1, 0.15) is 4.90 Å². The third-order valence-electron chi connectivity index (χ3n) is 2.73. The smallest absolute Gasteiger partial charge is 0.245 e. The van der Waals surface area contributed by atoms with E-state index >= 15 is 0 Å². The van der Waals surface area contributed by atoms with E-state index < -0.39 is 10.0 Å². The SMILES string of the molecule is CC(C)CCN(C)S(=O)(=O)c1c(N)cc(Br)cc1Br. The molecule has 0 aliphatic heterocycles. The van der Waals surface area contributed by atoms with Crippen LogP contribution in [-0.4, -0.2) is 26.3 Å². The van der Waals surface area contributed by atoms with Crippen molar-refractivity contribution in [1.82, 2.24) is 4.31 Å². The number of rotatable bonds is 5. The van der Waals surface area contributed by atoms with Crippen molar-refractivity contribution >= 4 is 47.6 Å². The highest BCUT2D eigenvalue weighted by molar-refractivity contribution is 9.11. The maximum Gasteiger partial charge on any atom is 0.245 e. The van der Waals surface area contributed by atoms with E-state index in [1.54, 1.807) is 19.2 Å². The Morgan fingerprint density at radius 2 is 1.89 bits per heavy atom. The van der Waals surface area contributed by atoms with Crippen LogP contribution in [0.4, 0.5) is 5.69 Å². The zero-order chi connectivity index (χ0) is 14.8. The number of nitrogens with zero attached hydrogens (tertiary/aromatic N) is 1. The average molecular weight is 414 g/mol. The van der Waals surface area contributed by atoms with Gasteiger partial charge in [-0.25, -0.2) is 12.7 Å². The molecule has 0 aromatic heterocycles. The van der Waals surface area contributed by atoms with E-state index in [1.165, 1.54) is 4.31 Å². The van der Waals surface area contributed by atoms with E-state index in [4.69, 9.17) is 5.73 Å². The van der Waals surface area contributed by atoms with Crippen molar-refractivity contribution in [1.29, 1.82) is 0 Å². The van der Waals surface area contributed by atoms with E-state index in [2.05, 4.69) is 45.7 Å². The lowest BCUT2D eigenvalue weighted by molar-refractivity contribution is 0.428. The fourth-order valence-electron chi connectivity index (χ4n) is 1.57. The number of hydrogen-bond acceptors (Lipinski definition) is 3. The molecule has 0 saturated carbocycles. The molecule has 0 spiro atoms. The van der Waals surface area contributed by atoms with Gasteiger partial charge in [-0.2, -0.15) is 0 Å². The second-order valence-electron chi connectivity index (χ2n) is 4.82. The summed E-state index contributed by atoms with van der Waals surface area (Å²) in [5.74, 6) is 0.448. The summed E-state index contributed by atoms with van der Waals surface area (Å²) in [6.07, 6.45) is 0.809. The molecule has 108 valence electrons. The van der Waals surface area contributed by atoms with E-state index in [0.717, 1.165) is 10.9 Å². The van der Waals surface area contributed by atoms with Crippen LogP contribution in [0.15, 0.2) is 26.0 Å². The first-order valence-electron chi connectivity index (χ1n) is 5.87. The molecule has 0 unspecified atom stereocenters. The standard InChI is InChI=1S/C12H18Br2N2O2S/c1-8(2)4-5-16(3)19(17,18)12-10(14)6-9(13)7-11(12)15/h6-8H,4-5,15H2,1-3H3. The summed E-state index contributed by atoms with van der Waals surface area (Å²) < 4.78 is 27.5. The van der Waals surface area contributed by atoms with Crippen molar-refractivity contribution in [2.75, 3.05) is 19.3 Å². The number of halogens is 2. The van der Waals surface area contributed by atoms with Gasteiger partial charge in [0, 0.05) is 22.5 Å². The summed E-state index contributed by atoms with van der Waals surface area (Å²) in [5.41, 5.74) is 6.07. The van der Waals surface area contributed by atoms with E-state index in [1.807, 2.05) is 0 Å². The van der Waals surface area contributed by atoms with Crippen molar-refractivity contribution in [2.45, 2.75) is 25.2 Å². The van der Waals surface area contributed by atoms with Crippen molar-refractivity contribution in [2.24, 2.45) is 5.92 Å². The van der Waals surface area contributed by atoms with Gasteiger partial charge in [0.15, 0.2) is 0 Å². The largest absolute Gasteiger partial charge is 0.398 e. The van der Waals surface area contributed by atoms with Crippen molar-refractivity contribution in [3.8, 4) is 0 Å². The summed E-state index contributed by atoms with van der Waals surface area (Å²) in [6, 6.07) is 3.27. The number of sulfonamides is 1. The predicted octanol–water partition coefficient (Wildman–Crippen LogP) is 3.46. The molecule has 0 bridgehead atoms. The van der Waals surface area contributed by atoms with Crippen LogP contribution < -0.4 is 5.73 Å². The lowest BCUT2D eigenvalue weighted by Gasteiger charge is -2.20. The molecule has 0 amide bonds. The molecule has 0 atom stereocenters. The Morgan fingerprint density at radius 3 is 2.37 bits per heavy atom. The Kier molecular flexibility index (Phi) is 5.85. The molecular formula is C12H18Br2N2O2S. The molecule has 0 heterocycles. The lowest BCUT2D eigenvalue weighted by Crippen LogP contribution is -2.29. The molecule has 0 aliphatic carbocycles. The van der Waals surface area contributed by atoms with Gasteiger partial charge in [0.2, 0.25) is 10.0 Å². The summed E-state index contributed by atoms with van der Waals surface area (Å²) in [7, 11) is -2.00. The number of nitrogens with two attached hydrogens (primary N) is 1. The van der Waals surface area contributed by atoms with Crippen LogP contribution in [0.3, 0.4) is 0 Å². The third kappa shape index (κ3) is 4.18. The Morgan fingerprint density at radius 1 is 1.32 bits per heavy atom. The summed E-state index contributed by atoms with van der Waals surface area (Å²) in [4.78, 5) is 0.127. The summed E-state index contributed by atoms with van der Waals surface area (Å²) in [5, 5.41) is 0. The molecule has 0 aliphatic rings. The van der Waals surface area contributed by atoms with Gasteiger partial charge in [0.25, 0.3) is 0 Å². The van der Waals surface area contributed by atoms with Crippen LogP contribution in [0.1, 0.15) is 20.3 Å². The first-order valence-corrected chi connectivity index (χ1v) is 8.89. The first-order chi connectivity index (χ1) is 8.66. The van der Waals surface area contributed by atoms with Crippen LogP contribution >= 0.6 is 31.9 Å². The van der Waals surface area contributed by atoms with Crippen molar-refractivity contribution in [3.63, 3.8) is 0 Å². The highest BCUT2D eigenvalue weighted by Gasteiger charge is 2.26. The summed E-state index contributed by atoms with van der Waals surface area (Å²) in [6.45, 7) is 4.59. The van der Waals surface area contributed by atoms with Crippen molar-refractivity contribution in [3.05, 3.63) is 21.1 Å². The molecule has 0 radical (unpaired) electrons. The minimum absolute atomic E-state index is 0.127. The number of benzene rings is 1. The number of hydrogen-bond donors (Lipinski definition) is 1. The second-order valence-corrected chi connectivity index (χ2v) is 8.57. The lowest BCUT2D eigenvalue weighted by atomic mass is 10.1. The van der Waals surface area contributed by atoms with Gasteiger partial charge >= 0.3 is 0 Å². The second kappa shape index (κ2) is 6.56. The molecule has 0 fully saturated rings.